The highest BCUT2D eigenvalue weighted by Gasteiger charge is 1.88. The summed E-state index contributed by atoms with van der Waals surface area (Å²) in [5, 5.41) is 7.57. The summed E-state index contributed by atoms with van der Waals surface area (Å²) in [4.78, 5) is 19.9. The summed E-state index contributed by atoms with van der Waals surface area (Å²) in [6, 6.07) is 0. The van der Waals surface area contributed by atoms with E-state index < -0.39 is 0 Å². The minimum Gasteiger partial charge on any atom is -0.466 e. The Morgan fingerprint density at radius 3 is 1.69 bits per heavy atom. The molecule has 1 N–H and O–H groups in total. The van der Waals surface area contributed by atoms with Crippen molar-refractivity contribution >= 4 is 11.8 Å². The second-order valence-corrected chi connectivity index (χ2v) is 3.07. The first-order valence-electron chi connectivity index (χ1n) is 5.69. The van der Waals surface area contributed by atoms with Gasteiger partial charge in [0.2, 0.25) is 0 Å². The lowest BCUT2D eigenvalue weighted by molar-refractivity contribution is -0.141. The maximum atomic E-state index is 10.1. The number of carbonyl (C=O) groups excluding carboxylic acids is 2. The number of ether oxygens (including phenoxy) is 1. The molecule has 0 bridgehead atoms. The molecule has 0 saturated heterocycles. The van der Waals surface area contributed by atoms with E-state index in [1.807, 2.05) is 6.92 Å². The molecule has 0 radical (unpaired) electrons. The highest BCUT2D eigenvalue weighted by molar-refractivity contribution is 5.74. The lowest BCUT2D eigenvalue weighted by atomic mass is 10.4. The van der Waals surface area contributed by atoms with E-state index in [1.165, 1.54) is 6.92 Å². The van der Waals surface area contributed by atoms with Crippen LogP contribution in [0.15, 0.2) is 0 Å². The summed E-state index contributed by atoms with van der Waals surface area (Å²) in [6.07, 6.45) is 2.72. The van der Waals surface area contributed by atoms with Crippen molar-refractivity contribution in [3.8, 4) is 0 Å². The van der Waals surface area contributed by atoms with Crippen molar-refractivity contribution in [2.45, 2.75) is 53.9 Å². The van der Waals surface area contributed by atoms with Gasteiger partial charge in [0.25, 0.3) is 0 Å². The predicted octanol–water partition coefficient (Wildman–Crippen LogP) is 2.33. The summed E-state index contributed by atoms with van der Waals surface area (Å²) in [5.74, 6) is 0.0726. The van der Waals surface area contributed by atoms with Crippen molar-refractivity contribution < 1.29 is 19.4 Å². The number of aliphatic hydroxyl groups excluding tert-OH is 1. The summed E-state index contributed by atoms with van der Waals surface area (Å²) >= 11 is 0. The second-order valence-electron chi connectivity index (χ2n) is 3.07. The van der Waals surface area contributed by atoms with Crippen LogP contribution in [-0.4, -0.2) is 30.1 Å². The molecule has 0 aromatic heterocycles. The quantitative estimate of drug-likeness (QED) is 0.599. The third-order valence-corrected chi connectivity index (χ3v) is 1.30. The van der Waals surface area contributed by atoms with Gasteiger partial charge in [0.05, 0.1) is 6.61 Å². The van der Waals surface area contributed by atoms with E-state index in [1.54, 1.807) is 13.8 Å². The minimum absolute atomic E-state index is 0.182. The van der Waals surface area contributed by atoms with Crippen LogP contribution in [0, 0.1) is 0 Å². The Bertz CT molecular complexity index is 155. The molecule has 0 amide bonds. The van der Waals surface area contributed by atoms with Crippen LogP contribution < -0.4 is 0 Å². The van der Waals surface area contributed by atoms with Crippen LogP contribution in [0.1, 0.15) is 53.9 Å². The van der Waals surface area contributed by atoms with Crippen LogP contribution in [0.2, 0.25) is 0 Å². The number of aliphatic hydroxyl groups is 1. The third-order valence-electron chi connectivity index (χ3n) is 1.30. The Balaban J connectivity index is -0.000000181. The molecule has 4 heteroatoms. The smallest absolute Gasteiger partial charge is 0.302 e. The first-order chi connectivity index (χ1) is 7.45. The van der Waals surface area contributed by atoms with Gasteiger partial charge in [-0.1, -0.05) is 20.3 Å². The van der Waals surface area contributed by atoms with Crippen molar-refractivity contribution in [1.29, 1.82) is 0 Å². The molecule has 0 aliphatic heterocycles. The van der Waals surface area contributed by atoms with Gasteiger partial charge < -0.3 is 14.6 Å². The fraction of sp³-hybridized carbons (Fsp3) is 0.833. The molecule has 0 aromatic carbocycles. The SMILES string of the molecule is CCC(C)=O.CCCCOC(C)=O.CCO. The van der Waals surface area contributed by atoms with E-state index in [0.29, 0.717) is 13.0 Å². The Labute approximate surface area is 99.0 Å². The van der Waals surface area contributed by atoms with Crippen molar-refractivity contribution in [1.82, 2.24) is 0 Å². The number of unbranched alkanes of at least 4 members (excludes halogenated alkanes) is 1. The lowest BCUT2D eigenvalue weighted by Gasteiger charge is -1.96. The zero-order valence-electron chi connectivity index (χ0n) is 11.2. The van der Waals surface area contributed by atoms with Gasteiger partial charge in [-0.2, -0.15) is 0 Å². The summed E-state index contributed by atoms with van der Waals surface area (Å²) in [6.45, 7) is 9.42. The van der Waals surface area contributed by atoms with Gasteiger partial charge in [0.15, 0.2) is 0 Å². The number of hydrogen-bond acceptors (Lipinski definition) is 4. The zero-order valence-corrected chi connectivity index (χ0v) is 11.2. The summed E-state index contributed by atoms with van der Waals surface area (Å²) < 4.78 is 4.64. The summed E-state index contributed by atoms with van der Waals surface area (Å²) in [7, 11) is 0. The Hall–Kier alpha value is -0.900. The molecule has 0 aliphatic rings. The lowest BCUT2D eigenvalue weighted by Crippen LogP contribution is -1.99. The average molecular weight is 234 g/mol. The topological polar surface area (TPSA) is 63.6 Å². The highest BCUT2D eigenvalue weighted by atomic mass is 16.5. The fourth-order valence-electron chi connectivity index (χ4n) is 0.360. The van der Waals surface area contributed by atoms with Gasteiger partial charge >= 0.3 is 5.97 Å². The monoisotopic (exact) mass is 234 g/mol. The maximum Gasteiger partial charge on any atom is 0.302 e. The van der Waals surface area contributed by atoms with Gasteiger partial charge in [-0.25, -0.2) is 0 Å². The van der Waals surface area contributed by atoms with E-state index in [2.05, 4.69) is 11.7 Å². The maximum absolute atomic E-state index is 10.1. The molecule has 0 aliphatic carbocycles. The Morgan fingerprint density at radius 1 is 1.12 bits per heavy atom. The molecule has 0 saturated carbocycles. The number of rotatable bonds is 4. The molecule has 98 valence electrons. The van der Waals surface area contributed by atoms with Crippen molar-refractivity contribution in [2.75, 3.05) is 13.2 Å². The fourth-order valence-corrected chi connectivity index (χ4v) is 0.360. The van der Waals surface area contributed by atoms with E-state index in [-0.39, 0.29) is 18.4 Å². The van der Waals surface area contributed by atoms with E-state index in [9.17, 15) is 9.59 Å². The number of Topliss-reactive ketones (excluding diaryl/α,β-unsaturated/α-hetero) is 1. The first-order valence-corrected chi connectivity index (χ1v) is 5.69. The summed E-state index contributed by atoms with van der Waals surface area (Å²) in [5.41, 5.74) is 0. The number of carbonyl (C=O) groups is 2. The third kappa shape index (κ3) is 51.5. The molecule has 4 nitrogen and oxygen atoms in total. The minimum atomic E-state index is -0.182. The number of hydrogen-bond donors (Lipinski definition) is 1. The second kappa shape index (κ2) is 19.6. The molecule has 0 aromatic rings. The largest absolute Gasteiger partial charge is 0.466 e. The van der Waals surface area contributed by atoms with Gasteiger partial charge in [-0.3, -0.25) is 4.79 Å². The predicted molar refractivity (Wildman–Crippen MR) is 65.3 cm³/mol. The normalized spacial score (nSPS) is 7.88. The van der Waals surface area contributed by atoms with E-state index in [4.69, 9.17) is 5.11 Å². The van der Waals surface area contributed by atoms with Crippen molar-refractivity contribution in [3.63, 3.8) is 0 Å². The van der Waals surface area contributed by atoms with E-state index >= 15 is 0 Å². The molecule has 0 spiro atoms. The Morgan fingerprint density at radius 2 is 1.50 bits per heavy atom. The van der Waals surface area contributed by atoms with Crippen LogP contribution in [0.4, 0.5) is 0 Å². The molecular weight excluding hydrogens is 208 g/mol. The van der Waals surface area contributed by atoms with Crippen LogP contribution in [0.25, 0.3) is 0 Å². The highest BCUT2D eigenvalue weighted by Crippen LogP contribution is 1.86. The van der Waals surface area contributed by atoms with Gasteiger partial charge in [0, 0.05) is 20.0 Å². The van der Waals surface area contributed by atoms with Crippen LogP contribution in [0.3, 0.4) is 0 Å². The molecule has 0 fully saturated rings. The molecule has 0 rings (SSSR count). The molecule has 0 unspecified atom stereocenters. The number of esters is 1. The molecule has 0 heterocycles. The van der Waals surface area contributed by atoms with Crippen molar-refractivity contribution in [3.05, 3.63) is 0 Å². The zero-order chi connectivity index (χ0) is 13.4. The van der Waals surface area contributed by atoms with Crippen LogP contribution >= 0.6 is 0 Å². The van der Waals surface area contributed by atoms with Gasteiger partial charge in [-0.05, 0) is 20.3 Å². The average Bonchev–Trinajstić information content (AvgIpc) is 2.20. The standard InChI is InChI=1S/C6H12O2.C4H8O.C2H6O/c1-3-4-5-8-6(2)7;1-3-4(2)5;1-2-3/h3-5H2,1-2H3;3H2,1-2H3;3H,2H2,1H3. The van der Waals surface area contributed by atoms with E-state index in [0.717, 1.165) is 12.8 Å². The molecular formula is C12H26O4. The Kier molecular flexibility index (Phi) is 25.2. The van der Waals surface area contributed by atoms with Gasteiger partial charge in [-0.15, -0.1) is 0 Å². The first kappa shape index (κ1) is 20.5. The molecule has 16 heavy (non-hydrogen) atoms. The van der Waals surface area contributed by atoms with Crippen molar-refractivity contribution in [2.24, 2.45) is 0 Å². The molecule has 0 atom stereocenters. The number of ketones is 1. The van der Waals surface area contributed by atoms with Gasteiger partial charge in [0.1, 0.15) is 5.78 Å². The van der Waals surface area contributed by atoms with Crippen LogP contribution in [-0.2, 0) is 14.3 Å². The van der Waals surface area contributed by atoms with Crippen LogP contribution in [0.5, 0.6) is 0 Å².